The minimum absolute atomic E-state index is 0.162. The number of nitrogens with one attached hydrogen (secondary N) is 1. The van der Waals surface area contributed by atoms with Gasteiger partial charge in [-0.15, -0.1) is 0 Å². The highest BCUT2D eigenvalue weighted by atomic mass is 32.1. The molecule has 1 aliphatic heterocycles. The Bertz CT molecular complexity index is 2390. The van der Waals surface area contributed by atoms with Crippen LogP contribution < -0.4 is 24.4 Å². The van der Waals surface area contributed by atoms with Gasteiger partial charge in [-0.25, -0.2) is 9.79 Å². The van der Waals surface area contributed by atoms with Gasteiger partial charge in [0.25, 0.3) is 5.56 Å². The molecule has 0 aliphatic carbocycles. The van der Waals surface area contributed by atoms with Gasteiger partial charge < -0.3 is 19.2 Å². The van der Waals surface area contributed by atoms with Crippen LogP contribution in [0, 0.1) is 6.92 Å². The Balaban J connectivity index is 1.54. The molecule has 7 rings (SSSR count). The molecule has 0 saturated carbocycles. The third kappa shape index (κ3) is 5.42. The third-order valence-electron chi connectivity index (χ3n) is 8.43. The van der Waals surface area contributed by atoms with E-state index in [1.807, 2.05) is 72.8 Å². The first-order chi connectivity index (χ1) is 23.4. The summed E-state index contributed by atoms with van der Waals surface area (Å²) in [5, 5.41) is 1.01. The summed E-state index contributed by atoms with van der Waals surface area (Å²) in [5.41, 5.74) is 6.74. The van der Waals surface area contributed by atoms with Crippen molar-refractivity contribution >= 4 is 40.0 Å². The van der Waals surface area contributed by atoms with E-state index in [2.05, 4.69) is 30.1 Å². The number of carbonyl (C=O) groups is 1. The summed E-state index contributed by atoms with van der Waals surface area (Å²) in [5.74, 6) is 0.453. The number of hydrogen-bond donors (Lipinski definition) is 1. The molecule has 2 aromatic heterocycles. The number of aromatic nitrogens is 2. The van der Waals surface area contributed by atoms with Crippen molar-refractivity contribution in [2.45, 2.75) is 19.9 Å². The Morgan fingerprint density at radius 2 is 1.62 bits per heavy atom. The molecule has 0 amide bonds. The van der Waals surface area contributed by atoms with Gasteiger partial charge in [0.1, 0.15) is 0 Å². The SMILES string of the molecule is CCOC(=O)C1=C(c2ccccc2)N=c2s/c(=C/c3c(-c4ccccc4)[nH]c4ccc(C)cc34)c(=O)n2[C@H]1c1ccc(OC)c(OC)c1. The van der Waals surface area contributed by atoms with Crippen LogP contribution >= 0.6 is 11.3 Å². The van der Waals surface area contributed by atoms with Crippen molar-refractivity contribution in [1.82, 2.24) is 9.55 Å². The Kier molecular flexibility index (Phi) is 8.29. The zero-order valence-corrected chi connectivity index (χ0v) is 27.8. The van der Waals surface area contributed by atoms with Crippen molar-refractivity contribution in [3.63, 3.8) is 0 Å². The standard InChI is InChI=1S/C39H33N3O5S/c1-5-47-38(44)33-35(25-14-10-7-11-15-25)41-39-42(36(33)26-17-19-30(45-3)31(21-26)46-4)37(43)32(48-39)22-28-27-20-23(2)16-18-29(27)40-34(28)24-12-8-6-9-13-24/h6-22,36,40H,5H2,1-4H3/b32-22+/t36-/m0/s1. The van der Waals surface area contributed by atoms with Crippen molar-refractivity contribution < 1.29 is 19.0 Å². The lowest BCUT2D eigenvalue weighted by Gasteiger charge is -2.26. The second kappa shape index (κ2) is 12.8. The van der Waals surface area contributed by atoms with Gasteiger partial charge in [0.05, 0.1) is 48.4 Å². The van der Waals surface area contributed by atoms with Gasteiger partial charge in [-0.05, 0) is 55.3 Å². The van der Waals surface area contributed by atoms with E-state index in [0.717, 1.165) is 38.9 Å². The lowest BCUT2D eigenvalue weighted by Crippen LogP contribution is -2.40. The fourth-order valence-electron chi connectivity index (χ4n) is 6.22. The van der Waals surface area contributed by atoms with Gasteiger partial charge in [0, 0.05) is 22.0 Å². The van der Waals surface area contributed by atoms with E-state index < -0.39 is 12.0 Å². The topological polar surface area (TPSA) is 94.9 Å². The van der Waals surface area contributed by atoms with Crippen LogP contribution in [-0.4, -0.2) is 36.3 Å². The molecule has 4 aromatic carbocycles. The molecule has 1 aliphatic rings. The number of methoxy groups -OCH3 is 2. The minimum atomic E-state index is -0.851. The van der Waals surface area contributed by atoms with Gasteiger partial charge in [-0.3, -0.25) is 9.36 Å². The summed E-state index contributed by atoms with van der Waals surface area (Å²) in [6, 6.07) is 30.4. The summed E-state index contributed by atoms with van der Waals surface area (Å²) < 4.78 is 18.9. The lowest BCUT2D eigenvalue weighted by molar-refractivity contribution is -0.138. The molecule has 1 N–H and O–H groups in total. The average Bonchev–Trinajstić information content (AvgIpc) is 3.64. The zero-order chi connectivity index (χ0) is 33.4. The quantitative estimate of drug-likeness (QED) is 0.191. The second-order valence-corrected chi connectivity index (χ2v) is 12.4. The zero-order valence-electron chi connectivity index (χ0n) is 26.9. The van der Waals surface area contributed by atoms with Crippen LogP contribution in [0.5, 0.6) is 11.5 Å². The predicted molar refractivity (Wildman–Crippen MR) is 189 cm³/mol. The van der Waals surface area contributed by atoms with Crippen molar-refractivity contribution in [3.8, 4) is 22.8 Å². The maximum atomic E-state index is 14.7. The number of aryl methyl sites for hydroxylation is 1. The number of esters is 1. The largest absolute Gasteiger partial charge is 0.493 e. The molecule has 0 saturated heterocycles. The van der Waals surface area contributed by atoms with Gasteiger partial charge in [-0.2, -0.15) is 0 Å². The van der Waals surface area contributed by atoms with Crippen molar-refractivity contribution in [2.24, 2.45) is 4.99 Å². The van der Waals surface area contributed by atoms with Crippen molar-refractivity contribution in [3.05, 3.63) is 145 Å². The number of nitrogens with zero attached hydrogens (tertiary/aromatic N) is 2. The van der Waals surface area contributed by atoms with E-state index in [-0.39, 0.29) is 17.7 Å². The van der Waals surface area contributed by atoms with E-state index in [1.54, 1.807) is 37.8 Å². The summed E-state index contributed by atoms with van der Waals surface area (Å²) >= 11 is 1.29. The number of carbonyl (C=O) groups excluding carboxylic acids is 1. The van der Waals surface area contributed by atoms with Gasteiger partial charge >= 0.3 is 5.97 Å². The summed E-state index contributed by atoms with van der Waals surface area (Å²) in [4.78, 5) is 37.6. The number of rotatable bonds is 8. The first kappa shape index (κ1) is 31.0. The summed E-state index contributed by atoms with van der Waals surface area (Å²) in [6.07, 6.45) is 1.94. The first-order valence-corrected chi connectivity index (χ1v) is 16.4. The Morgan fingerprint density at radius 3 is 2.31 bits per heavy atom. The average molecular weight is 656 g/mol. The van der Waals surface area contributed by atoms with Crippen LogP contribution in [-0.2, 0) is 9.53 Å². The maximum Gasteiger partial charge on any atom is 0.338 e. The molecule has 48 heavy (non-hydrogen) atoms. The van der Waals surface area contributed by atoms with Crippen molar-refractivity contribution in [2.75, 3.05) is 20.8 Å². The van der Waals surface area contributed by atoms with E-state index in [9.17, 15) is 9.59 Å². The molecule has 6 aromatic rings. The fraction of sp³-hybridized carbons (Fsp3) is 0.154. The highest BCUT2D eigenvalue weighted by Crippen LogP contribution is 2.39. The summed E-state index contributed by atoms with van der Waals surface area (Å²) in [7, 11) is 3.12. The molecule has 0 fully saturated rings. The highest BCUT2D eigenvalue weighted by Gasteiger charge is 2.35. The van der Waals surface area contributed by atoms with Gasteiger partial charge in [0.2, 0.25) is 0 Å². The minimum Gasteiger partial charge on any atom is -0.493 e. The van der Waals surface area contributed by atoms with Crippen LogP contribution in [0.2, 0.25) is 0 Å². The maximum absolute atomic E-state index is 14.7. The molecular weight excluding hydrogens is 623 g/mol. The normalized spacial score (nSPS) is 14.5. The van der Waals surface area contributed by atoms with Gasteiger partial charge in [0.15, 0.2) is 16.3 Å². The molecule has 0 unspecified atom stereocenters. The molecule has 240 valence electrons. The smallest absolute Gasteiger partial charge is 0.338 e. The van der Waals surface area contributed by atoms with E-state index >= 15 is 0 Å². The molecule has 3 heterocycles. The number of fused-ring (bicyclic) bond motifs is 2. The first-order valence-electron chi connectivity index (χ1n) is 15.6. The lowest BCUT2D eigenvalue weighted by atomic mass is 9.93. The van der Waals surface area contributed by atoms with Crippen LogP contribution in [0.15, 0.2) is 112 Å². The van der Waals surface area contributed by atoms with Crippen LogP contribution in [0.25, 0.3) is 33.9 Å². The molecular formula is C39H33N3O5S. The van der Waals surface area contributed by atoms with Crippen molar-refractivity contribution in [1.29, 1.82) is 0 Å². The molecule has 0 spiro atoms. The number of benzene rings is 4. The Hall–Kier alpha value is -5.67. The second-order valence-electron chi connectivity index (χ2n) is 11.4. The molecule has 9 heteroatoms. The predicted octanol–water partition coefficient (Wildman–Crippen LogP) is 6.41. The number of H-pyrrole nitrogens is 1. The van der Waals surface area contributed by atoms with Crippen LogP contribution in [0.4, 0.5) is 0 Å². The van der Waals surface area contributed by atoms with Crippen LogP contribution in [0.3, 0.4) is 0 Å². The number of hydrogen-bond acceptors (Lipinski definition) is 7. The van der Waals surface area contributed by atoms with Crippen LogP contribution in [0.1, 0.15) is 35.2 Å². The van der Waals surface area contributed by atoms with E-state index in [0.29, 0.717) is 32.1 Å². The fourth-order valence-corrected chi connectivity index (χ4v) is 7.20. The molecule has 1 atom stereocenters. The molecule has 8 nitrogen and oxygen atoms in total. The third-order valence-corrected chi connectivity index (χ3v) is 9.41. The Labute approximate surface area is 280 Å². The number of thiazole rings is 1. The van der Waals surface area contributed by atoms with E-state index in [1.165, 1.54) is 11.3 Å². The monoisotopic (exact) mass is 655 g/mol. The van der Waals surface area contributed by atoms with E-state index in [4.69, 9.17) is 19.2 Å². The molecule has 0 bridgehead atoms. The summed E-state index contributed by atoms with van der Waals surface area (Å²) in [6.45, 7) is 3.97. The highest BCUT2D eigenvalue weighted by molar-refractivity contribution is 7.07. The number of ether oxygens (including phenoxy) is 3. The van der Waals surface area contributed by atoms with Gasteiger partial charge in [-0.1, -0.05) is 89.7 Å². The Morgan fingerprint density at radius 1 is 0.917 bits per heavy atom. The number of aromatic amines is 1. The molecule has 0 radical (unpaired) electrons.